The fraction of sp³-hybridized carbons (Fsp3) is 0.167. The maximum Gasteiger partial charge on any atom is 0.294 e. The van der Waals surface area contributed by atoms with Crippen LogP contribution in [-0.2, 0) is 16.1 Å². The average molecular weight is 356 g/mol. The molecule has 2 aromatic rings. The molecule has 2 heterocycles. The second kappa shape index (κ2) is 7.40. The Labute approximate surface area is 148 Å². The quantitative estimate of drug-likeness (QED) is 0.833. The molecule has 128 valence electrons. The number of carbonyl (C=O) groups is 3. The van der Waals surface area contributed by atoms with Gasteiger partial charge in [0.25, 0.3) is 11.1 Å². The standard InChI is InChI=1S/C18H16N2O4S/c1-12-4-6-13(7-5-12)10-19-16(21)11-20-17(22)15(25-18(20)23)9-14-3-2-8-24-14/h2-9H,10-11H2,1H3,(H,19,21)/b15-9-. The molecule has 1 N–H and O–H groups in total. The number of amides is 3. The first-order valence-corrected chi connectivity index (χ1v) is 8.46. The van der Waals surface area contributed by atoms with Gasteiger partial charge in [-0.05, 0) is 36.4 Å². The zero-order valence-electron chi connectivity index (χ0n) is 13.5. The Morgan fingerprint density at radius 1 is 1.24 bits per heavy atom. The molecule has 0 saturated carbocycles. The van der Waals surface area contributed by atoms with E-state index in [1.54, 1.807) is 12.1 Å². The third-order valence-electron chi connectivity index (χ3n) is 3.60. The fourth-order valence-electron chi connectivity index (χ4n) is 2.24. The van der Waals surface area contributed by atoms with Gasteiger partial charge in [-0.2, -0.15) is 0 Å². The highest BCUT2D eigenvalue weighted by Gasteiger charge is 2.36. The summed E-state index contributed by atoms with van der Waals surface area (Å²) in [5.41, 5.74) is 2.09. The first-order chi connectivity index (χ1) is 12.0. The molecule has 25 heavy (non-hydrogen) atoms. The number of carbonyl (C=O) groups excluding carboxylic acids is 3. The summed E-state index contributed by atoms with van der Waals surface area (Å²) in [5, 5.41) is 2.25. The van der Waals surface area contributed by atoms with Crippen LogP contribution in [0.5, 0.6) is 0 Å². The van der Waals surface area contributed by atoms with Gasteiger partial charge in [-0.3, -0.25) is 19.3 Å². The predicted molar refractivity (Wildman–Crippen MR) is 94.4 cm³/mol. The second-order valence-electron chi connectivity index (χ2n) is 5.55. The maximum absolute atomic E-state index is 12.3. The van der Waals surface area contributed by atoms with E-state index in [1.165, 1.54) is 12.3 Å². The highest BCUT2D eigenvalue weighted by Crippen LogP contribution is 2.31. The van der Waals surface area contributed by atoms with Crippen molar-refractivity contribution in [1.29, 1.82) is 0 Å². The average Bonchev–Trinajstić information content (AvgIpc) is 3.19. The third kappa shape index (κ3) is 4.19. The normalized spacial score (nSPS) is 15.9. The summed E-state index contributed by atoms with van der Waals surface area (Å²) in [7, 11) is 0. The number of imide groups is 1. The van der Waals surface area contributed by atoms with Crippen molar-refractivity contribution in [3.63, 3.8) is 0 Å². The van der Waals surface area contributed by atoms with Crippen LogP contribution in [0.2, 0.25) is 0 Å². The van der Waals surface area contributed by atoms with Gasteiger partial charge in [0.05, 0.1) is 11.2 Å². The maximum atomic E-state index is 12.3. The van der Waals surface area contributed by atoms with E-state index in [9.17, 15) is 14.4 Å². The largest absolute Gasteiger partial charge is 0.465 e. The van der Waals surface area contributed by atoms with E-state index in [2.05, 4.69) is 5.32 Å². The number of rotatable bonds is 5. The molecule has 1 aromatic carbocycles. The van der Waals surface area contributed by atoms with E-state index in [0.29, 0.717) is 12.3 Å². The molecule has 7 heteroatoms. The lowest BCUT2D eigenvalue weighted by Crippen LogP contribution is -2.39. The van der Waals surface area contributed by atoms with Crippen molar-refractivity contribution in [1.82, 2.24) is 10.2 Å². The lowest BCUT2D eigenvalue weighted by atomic mass is 10.1. The molecule has 3 amide bonds. The Kier molecular flexibility index (Phi) is 5.04. The summed E-state index contributed by atoms with van der Waals surface area (Å²) < 4.78 is 5.14. The first-order valence-electron chi connectivity index (χ1n) is 7.64. The minimum atomic E-state index is -0.489. The molecular weight excluding hydrogens is 340 g/mol. The lowest BCUT2D eigenvalue weighted by molar-refractivity contribution is -0.129. The Bertz CT molecular complexity index is 825. The van der Waals surface area contributed by atoms with Crippen LogP contribution < -0.4 is 5.32 Å². The molecular formula is C18H16N2O4S. The van der Waals surface area contributed by atoms with Crippen molar-refractivity contribution in [2.45, 2.75) is 13.5 Å². The van der Waals surface area contributed by atoms with Gasteiger partial charge in [-0.25, -0.2) is 0 Å². The Hall–Kier alpha value is -2.80. The molecule has 1 aliphatic rings. The summed E-state index contributed by atoms with van der Waals surface area (Å²) in [5.74, 6) is -0.395. The van der Waals surface area contributed by atoms with Gasteiger partial charge in [-0.1, -0.05) is 29.8 Å². The number of hydrogen-bond acceptors (Lipinski definition) is 5. The van der Waals surface area contributed by atoms with Crippen LogP contribution in [-0.4, -0.2) is 28.5 Å². The highest BCUT2D eigenvalue weighted by atomic mass is 32.2. The monoisotopic (exact) mass is 356 g/mol. The second-order valence-corrected chi connectivity index (χ2v) is 6.54. The van der Waals surface area contributed by atoms with Gasteiger partial charge in [0.2, 0.25) is 5.91 Å². The van der Waals surface area contributed by atoms with E-state index in [4.69, 9.17) is 4.42 Å². The number of nitrogens with zero attached hydrogens (tertiary/aromatic N) is 1. The van der Waals surface area contributed by atoms with Crippen LogP contribution in [0, 0.1) is 6.92 Å². The van der Waals surface area contributed by atoms with Crippen molar-refractivity contribution in [3.05, 3.63) is 64.5 Å². The van der Waals surface area contributed by atoms with E-state index in [1.807, 2.05) is 31.2 Å². The third-order valence-corrected chi connectivity index (χ3v) is 4.51. The molecule has 1 aliphatic heterocycles. The molecule has 0 spiro atoms. The van der Waals surface area contributed by atoms with E-state index in [-0.39, 0.29) is 17.4 Å². The topological polar surface area (TPSA) is 79.6 Å². The van der Waals surface area contributed by atoms with E-state index >= 15 is 0 Å². The summed E-state index contributed by atoms with van der Waals surface area (Å²) in [4.78, 5) is 37.5. The summed E-state index contributed by atoms with van der Waals surface area (Å²) in [6.45, 7) is 2.03. The van der Waals surface area contributed by atoms with E-state index < -0.39 is 11.1 Å². The predicted octanol–water partition coefficient (Wildman–Crippen LogP) is 2.94. The Morgan fingerprint density at radius 3 is 2.68 bits per heavy atom. The smallest absolute Gasteiger partial charge is 0.294 e. The number of hydrogen-bond donors (Lipinski definition) is 1. The zero-order chi connectivity index (χ0) is 17.8. The van der Waals surface area contributed by atoms with E-state index in [0.717, 1.165) is 27.8 Å². The molecule has 0 aliphatic carbocycles. The molecule has 1 aromatic heterocycles. The number of furan rings is 1. The van der Waals surface area contributed by atoms with Crippen molar-refractivity contribution in [3.8, 4) is 0 Å². The van der Waals surface area contributed by atoms with Gasteiger partial charge in [-0.15, -0.1) is 0 Å². The minimum Gasteiger partial charge on any atom is -0.465 e. The fourth-order valence-corrected chi connectivity index (χ4v) is 3.06. The van der Waals surface area contributed by atoms with Crippen molar-refractivity contribution in [2.24, 2.45) is 0 Å². The SMILES string of the molecule is Cc1ccc(CNC(=O)CN2C(=O)S/C(=C\c3ccco3)C2=O)cc1. The van der Waals surface area contributed by atoms with Crippen LogP contribution in [0.15, 0.2) is 52.0 Å². The summed E-state index contributed by atoms with van der Waals surface area (Å²) >= 11 is 0.797. The molecule has 3 rings (SSSR count). The summed E-state index contributed by atoms with van der Waals surface area (Å²) in [6.07, 6.45) is 2.98. The van der Waals surface area contributed by atoms with Crippen LogP contribution in [0.4, 0.5) is 4.79 Å². The highest BCUT2D eigenvalue weighted by molar-refractivity contribution is 8.18. The van der Waals surface area contributed by atoms with Gasteiger partial charge < -0.3 is 9.73 Å². The van der Waals surface area contributed by atoms with Crippen molar-refractivity contribution in [2.75, 3.05) is 6.54 Å². The number of aryl methyl sites for hydroxylation is 1. The number of benzene rings is 1. The van der Waals surface area contributed by atoms with Crippen molar-refractivity contribution < 1.29 is 18.8 Å². The van der Waals surface area contributed by atoms with Crippen LogP contribution in [0.25, 0.3) is 6.08 Å². The molecule has 1 saturated heterocycles. The Morgan fingerprint density at radius 2 is 2.00 bits per heavy atom. The summed E-state index contributed by atoms with van der Waals surface area (Å²) in [6, 6.07) is 11.1. The van der Waals surface area contributed by atoms with Gasteiger partial charge in [0.15, 0.2) is 0 Å². The Balaban J connectivity index is 1.58. The molecule has 6 nitrogen and oxygen atoms in total. The van der Waals surface area contributed by atoms with Crippen molar-refractivity contribution >= 4 is 34.9 Å². The van der Waals surface area contributed by atoms with Crippen LogP contribution in [0.3, 0.4) is 0 Å². The molecule has 0 unspecified atom stereocenters. The lowest BCUT2D eigenvalue weighted by Gasteiger charge is -2.12. The van der Waals surface area contributed by atoms with Gasteiger partial charge >= 0.3 is 0 Å². The van der Waals surface area contributed by atoms with Crippen LogP contribution in [0.1, 0.15) is 16.9 Å². The number of nitrogens with one attached hydrogen (secondary N) is 1. The minimum absolute atomic E-state index is 0.242. The molecule has 0 atom stereocenters. The van der Waals surface area contributed by atoms with Crippen LogP contribution >= 0.6 is 11.8 Å². The zero-order valence-corrected chi connectivity index (χ0v) is 14.3. The van der Waals surface area contributed by atoms with Gasteiger partial charge in [0, 0.05) is 12.6 Å². The van der Waals surface area contributed by atoms with Gasteiger partial charge in [0.1, 0.15) is 12.3 Å². The molecule has 0 radical (unpaired) electrons. The first kappa shape index (κ1) is 17.0. The number of thioether (sulfide) groups is 1. The molecule has 0 bridgehead atoms. The molecule has 1 fully saturated rings.